The molecule has 0 aliphatic rings. The van der Waals surface area contributed by atoms with E-state index in [4.69, 9.17) is 4.74 Å². The maximum Gasteiger partial charge on any atom is 0.311 e. The number of nitrogens with zero attached hydrogens (tertiary/aromatic N) is 1. The molecular weight excluding hydrogens is 254 g/mol. The first-order chi connectivity index (χ1) is 9.74. The van der Waals surface area contributed by atoms with Gasteiger partial charge in [0.2, 0.25) is 5.75 Å². The Morgan fingerprint density at radius 3 is 2.35 bits per heavy atom. The van der Waals surface area contributed by atoms with Gasteiger partial charge in [0.15, 0.2) is 0 Å². The van der Waals surface area contributed by atoms with Crippen molar-refractivity contribution in [2.45, 2.75) is 0 Å². The Hall–Kier alpha value is -2.88. The molecule has 0 unspecified atom stereocenters. The quantitative estimate of drug-likeness (QED) is 0.516. The Morgan fingerprint density at radius 2 is 1.55 bits per heavy atom. The average molecular weight is 265 g/mol. The lowest BCUT2D eigenvalue weighted by molar-refractivity contribution is -0.385. The molecule has 0 saturated heterocycles. The summed E-state index contributed by atoms with van der Waals surface area (Å²) in [7, 11) is 0. The van der Waals surface area contributed by atoms with Crippen LogP contribution in [0.15, 0.2) is 66.7 Å². The summed E-state index contributed by atoms with van der Waals surface area (Å²) in [6, 6.07) is 19.8. The molecule has 0 N–H and O–H groups in total. The smallest absolute Gasteiger partial charge is 0.311 e. The van der Waals surface area contributed by atoms with E-state index in [9.17, 15) is 10.1 Å². The third kappa shape index (κ3) is 2.31. The molecular formula is C16H11NO3. The number of nitro groups is 1. The highest BCUT2D eigenvalue weighted by atomic mass is 16.6. The molecule has 0 radical (unpaired) electrons. The fourth-order valence-corrected chi connectivity index (χ4v) is 2.05. The van der Waals surface area contributed by atoms with Crippen LogP contribution in [0.2, 0.25) is 0 Å². The van der Waals surface area contributed by atoms with Crippen LogP contribution in [0.3, 0.4) is 0 Å². The lowest BCUT2D eigenvalue weighted by Gasteiger charge is -2.07. The number of nitro benzene ring substituents is 1. The summed E-state index contributed by atoms with van der Waals surface area (Å²) in [6.07, 6.45) is 0. The van der Waals surface area contributed by atoms with Crippen LogP contribution >= 0.6 is 0 Å². The lowest BCUT2D eigenvalue weighted by Crippen LogP contribution is -1.92. The molecule has 0 spiro atoms. The van der Waals surface area contributed by atoms with E-state index in [1.54, 1.807) is 24.3 Å². The fourth-order valence-electron chi connectivity index (χ4n) is 2.05. The van der Waals surface area contributed by atoms with Gasteiger partial charge in [-0.25, -0.2) is 0 Å². The van der Waals surface area contributed by atoms with E-state index in [1.807, 2.05) is 36.4 Å². The SMILES string of the molecule is O=[N+]([O-])c1ccccc1Oc1ccc2ccccc2c1. The molecule has 0 fully saturated rings. The van der Waals surface area contributed by atoms with Crippen molar-refractivity contribution in [3.05, 3.63) is 76.8 Å². The number of fused-ring (bicyclic) bond motifs is 1. The Kier molecular flexibility index (Phi) is 3.05. The van der Waals surface area contributed by atoms with Crippen LogP contribution in [-0.4, -0.2) is 4.92 Å². The van der Waals surface area contributed by atoms with E-state index in [-0.39, 0.29) is 11.4 Å². The molecule has 0 atom stereocenters. The summed E-state index contributed by atoms with van der Waals surface area (Å²) in [6.45, 7) is 0. The van der Waals surface area contributed by atoms with E-state index < -0.39 is 4.92 Å². The summed E-state index contributed by atoms with van der Waals surface area (Å²) in [4.78, 5) is 10.5. The predicted octanol–water partition coefficient (Wildman–Crippen LogP) is 4.54. The molecule has 0 aliphatic heterocycles. The largest absolute Gasteiger partial charge is 0.450 e. The first kappa shape index (κ1) is 12.2. The molecule has 3 rings (SSSR count). The van der Waals surface area contributed by atoms with Crippen molar-refractivity contribution < 1.29 is 9.66 Å². The van der Waals surface area contributed by atoms with E-state index in [0.717, 1.165) is 10.8 Å². The molecule has 0 bridgehead atoms. The van der Waals surface area contributed by atoms with Crippen LogP contribution in [0.1, 0.15) is 0 Å². The summed E-state index contributed by atoms with van der Waals surface area (Å²) >= 11 is 0. The van der Waals surface area contributed by atoms with E-state index in [0.29, 0.717) is 5.75 Å². The van der Waals surface area contributed by atoms with Gasteiger partial charge in [0.25, 0.3) is 0 Å². The van der Waals surface area contributed by atoms with Gasteiger partial charge in [0, 0.05) is 6.07 Å². The summed E-state index contributed by atoms with van der Waals surface area (Å²) in [5.41, 5.74) is -0.0411. The highest BCUT2D eigenvalue weighted by molar-refractivity contribution is 5.83. The third-order valence-corrected chi connectivity index (χ3v) is 3.01. The molecule has 3 aromatic carbocycles. The molecule has 4 heteroatoms. The van der Waals surface area contributed by atoms with Crippen LogP contribution in [0.25, 0.3) is 10.8 Å². The van der Waals surface area contributed by atoms with Gasteiger partial charge in [-0.05, 0) is 29.0 Å². The standard InChI is InChI=1S/C16H11NO3/c18-17(19)15-7-3-4-8-16(15)20-14-10-9-12-5-1-2-6-13(12)11-14/h1-11H. The number of rotatable bonds is 3. The second-order valence-electron chi connectivity index (χ2n) is 4.34. The first-order valence-corrected chi connectivity index (χ1v) is 6.14. The molecule has 3 aromatic rings. The van der Waals surface area contributed by atoms with Gasteiger partial charge in [-0.3, -0.25) is 10.1 Å². The molecule has 0 amide bonds. The Balaban J connectivity index is 1.99. The predicted molar refractivity (Wildman–Crippen MR) is 77.1 cm³/mol. The zero-order chi connectivity index (χ0) is 13.9. The summed E-state index contributed by atoms with van der Waals surface area (Å²) < 4.78 is 5.64. The van der Waals surface area contributed by atoms with E-state index >= 15 is 0 Å². The molecule has 4 nitrogen and oxygen atoms in total. The van der Waals surface area contributed by atoms with E-state index in [1.165, 1.54) is 6.07 Å². The van der Waals surface area contributed by atoms with Gasteiger partial charge in [-0.2, -0.15) is 0 Å². The topological polar surface area (TPSA) is 52.4 Å². The zero-order valence-corrected chi connectivity index (χ0v) is 10.5. The first-order valence-electron chi connectivity index (χ1n) is 6.14. The molecule has 98 valence electrons. The highest BCUT2D eigenvalue weighted by Crippen LogP contribution is 2.32. The van der Waals surface area contributed by atoms with Crippen LogP contribution in [-0.2, 0) is 0 Å². The minimum atomic E-state index is -0.448. The van der Waals surface area contributed by atoms with E-state index in [2.05, 4.69) is 0 Å². The molecule has 20 heavy (non-hydrogen) atoms. The second-order valence-corrected chi connectivity index (χ2v) is 4.34. The van der Waals surface area contributed by atoms with Gasteiger partial charge in [0.05, 0.1) is 4.92 Å². The maximum absolute atomic E-state index is 10.9. The minimum Gasteiger partial charge on any atom is -0.450 e. The van der Waals surface area contributed by atoms with Gasteiger partial charge in [0.1, 0.15) is 5.75 Å². The summed E-state index contributed by atoms with van der Waals surface area (Å²) in [5.74, 6) is 0.825. The van der Waals surface area contributed by atoms with Gasteiger partial charge >= 0.3 is 5.69 Å². The van der Waals surface area contributed by atoms with Crippen LogP contribution in [0.4, 0.5) is 5.69 Å². The monoisotopic (exact) mass is 265 g/mol. The van der Waals surface area contributed by atoms with Crippen molar-refractivity contribution in [2.75, 3.05) is 0 Å². The molecule has 0 aliphatic carbocycles. The number of hydrogen-bond acceptors (Lipinski definition) is 3. The zero-order valence-electron chi connectivity index (χ0n) is 10.5. The number of benzene rings is 3. The lowest BCUT2D eigenvalue weighted by atomic mass is 10.1. The number of para-hydroxylation sites is 2. The Bertz CT molecular complexity index is 783. The van der Waals surface area contributed by atoms with Crippen molar-refractivity contribution in [3.8, 4) is 11.5 Å². The minimum absolute atomic E-state index is 0.0411. The number of ether oxygens (including phenoxy) is 1. The van der Waals surface area contributed by atoms with Gasteiger partial charge in [-0.15, -0.1) is 0 Å². The van der Waals surface area contributed by atoms with Crippen LogP contribution < -0.4 is 4.74 Å². The van der Waals surface area contributed by atoms with Crippen molar-refractivity contribution in [3.63, 3.8) is 0 Å². The van der Waals surface area contributed by atoms with Crippen molar-refractivity contribution in [1.82, 2.24) is 0 Å². The van der Waals surface area contributed by atoms with Crippen molar-refractivity contribution in [1.29, 1.82) is 0 Å². The Labute approximate surface area is 115 Å². The third-order valence-electron chi connectivity index (χ3n) is 3.01. The normalized spacial score (nSPS) is 10.4. The molecule has 0 aromatic heterocycles. The van der Waals surface area contributed by atoms with Gasteiger partial charge < -0.3 is 4.74 Å². The molecule has 0 heterocycles. The molecule has 0 saturated carbocycles. The van der Waals surface area contributed by atoms with Crippen molar-refractivity contribution >= 4 is 16.5 Å². The Morgan fingerprint density at radius 1 is 0.850 bits per heavy atom. The number of hydrogen-bond donors (Lipinski definition) is 0. The van der Waals surface area contributed by atoms with Crippen molar-refractivity contribution in [2.24, 2.45) is 0 Å². The van der Waals surface area contributed by atoms with Gasteiger partial charge in [-0.1, -0.05) is 42.5 Å². The fraction of sp³-hybridized carbons (Fsp3) is 0. The highest BCUT2D eigenvalue weighted by Gasteiger charge is 2.14. The van der Waals surface area contributed by atoms with Crippen LogP contribution in [0, 0.1) is 10.1 Å². The maximum atomic E-state index is 10.9. The summed E-state index contributed by atoms with van der Waals surface area (Å²) in [5, 5.41) is 13.1. The van der Waals surface area contributed by atoms with Crippen LogP contribution in [0.5, 0.6) is 11.5 Å². The second kappa shape index (κ2) is 5.01. The average Bonchev–Trinajstić information content (AvgIpc) is 2.47.